The van der Waals surface area contributed by atoms with Crippen molar-refractivity contribution in [3.63, 3.8) is 0 Å². The number of β-lactam (4-membered cyclic amide) rings is 1. The van der Waals surface area contributed by atoms with Gasteiger partial charge in [0.25, 0.3) is 11.8 Å². The Kier molecular flexibility index (Phi) is 6.60. The molecule has 14 heteroatoms. The summed E-state index contributed by atoms with van der Waals surface area (Å²) < 4.78 is 3.95. The van der Waals surface area contributed by atoms with Crippen LogP contribution in [-0.2, 0) is 25.8 Å². The average Bonchev–Trinajstić information content (AvgIpc) is 3.53. The van der Waals surface area contributed by atoms with Gasteiger partial charge in [-0.05, 0) is 19.1 Å². The van der Waals surface area contributed by atoms with E-state index >= 15 is 0 Å². The molecule has 2 aliphatic rings. The maximum Gasteiger partial charge on any atom is 0.352 e. The molecule has 0 saturated carbocycles. The zero-order valence-corrected chi connectivity index (χ0v) is 21.6. The molecule has 0 spiro atoms. The zero-order valence-electron chi connectivity index (χ0n) is 20.0. The van der Waals surface area contributed by atoms with Crippen molar-refractivity contribution in [2.24, 2.45) is 5.16 Å². The van der Waals surface area contributed by atoms with Crippen LogP contribution < -0.4 is 15.6 Å². The van der Waals surface area contributed by atoms with Crippen LogP contribution in [-0.4, -0.2) is 66.7 Å². The molecule has 5 heterocycles. The summed E-state index contributed by atoms with van der Waals surface area (Å²) in [5.41, 5.74) is 8.37. The summed E-state index contributed by atoms with van der Waals surface area (Å²) in [7, 11) is 0. The lowest BCUT2D eigenvalue weighted by Gasteiger charge is -2.49. The van der Waals surface area contributed by atoms with Crippen molar-refractivity contribution in [2.75, 3.05) is 18.1 Å². The van der Waals surface area contributed by atoms with Gasteiger partial charge < -0.3 is 25.4 Å². The molecule has 2 atom stereocenters. The second kappa shape index (κ2) is 9.86. The Morgan fingerprint density at radius 2 is 2.22 bits per heavy atom. The number of carbonyl (C=O) groups is 3. The fraction of sp³-hybridized carbons (Fsp3) is 0.304. The maximum absolute atomic E-state index is 13.1. The van der Waals surface area contributed by atoms with Crippen molar-refractivity contribution in [1.29, 1.82) is 0 Å². The van der Waals surface area contributed by atoms with E-state index in [1.165, 1.54) is 16.7 Å². The Balaban J connectivity index is 1.37. The van der Waals surface area contributed by atoms with Crippen LogP contribution in [0.1, 0.15) is 18.3 Å². The molecule has 0 radical (unpaired) electrons. The monoisotopic (exact) mass is 542 g/mol. The number of aryl methyl sites for hydroxylation is 1. The molecule has 0 unspecified atom stereocenters. The van der Waals surface area contributed by atoms with Crippen LogP contribution in [0.15, 0.2) is 52.5 Å². The number of nitrogens with two attached hydrogens (primary N) is 1. The number of carboxylic acids is 1. The third-order valence-electron chi connectivity index (χ3n) is 6.15. The van der Waals surface area contributed by atoms with Crippen LogP contribution in [0, 0.1) is 6.92 Å². The van der Waals surface area contributed by atoms with E-state index in [0.717, 1.165) is 22.5 Å². The number of aromatic nitrogens is 3. The Labute approximate surface area is 219 Å². The van der Waals surface area contributed by atoms with Crippen LogP contribution in [0.4, 0.5) is 5.13 Å². The highest BCUT2D eigenvalue weighted by Crippen LogP contribution is 2.40. The first-order valence-corrected chi connectivity index (χ1v) is 13.3. The lowest BCUT2D eigenvalue weighted by molar-refractivity contribution is -0.694. The number of nitrogen functional groups attached to an aromatic ring is 1. The van der Waals surface area contributed by atoms with E-state index in [4.69, 9.17) is 10.6 Å². The number of hydrogen-bond donors (Lipinski definition) is 3. The van der Waals surface area contributed by atoms with Crippen LogP contribution in [0.25, 0.3) is 5.52 Å². The summed E-state index contributed by atoms with van der Waals surface area (Å²) in [5.74, 6) is -1.95. The third kappa shape index (κ3) is 4.42. The molecule has 4 N–H and O–H groups in total. The number of aliphatic carboxylic acids is 1. The van der Waals surface area contributed by atoms with Crippen LogP contribution in [0.3, 0.4) is 0 Å². The Morgan fingerprint density at radius 1 is 1.41 bits per heavy atom. The molecule has 3 aromatic heterocycles. The molecule has 1 fully saturated rings. The summed E-state index contributed by atoms with van der Waals surface area (Å²) in [6.07, 6.45) is 5.73. The summed E-state index contributed by atoms with van der Waals surface area (Å²) in [6.45, 7) is 4.24. The Bertz CT molecular complexity index is 1480. The minimum atomic E-state index is -1.18. The molecule has 0 aromatic carbocycles. The summed E-state index contributed by atoms with van der Waals surface area (Å²) in [5, 5.41) is 17.8. The van der Waals surface area contributed by atoms with E-state index in [1.807, 2.05) is 46.6 Å². The normalized spacial score (nSPS) is 19.6. The van der Waals surface area contributed by atoms with Gasteiger partial charge in [-0.3, -0.25) is 14.5 Å². The smallest absolute Gasteiger partial charge is 0.352 e. The van der Waals surface area contributed by atoms with Gasteiger partial charge in [0, 0.05) is 29.8 Å². The molecule has 12 nitrogen and oxygen atoms in total. The Hall–Kier alpha value is -3.91. The quantitative estimate of drug-likeness (QED) is 0.163. The topological polar surface area (TPSA) is 156 Å². The summed E-state index contributed by atoms with van der Waals surface area (Å²) >= 11 is 2.55. The SMILES string of the molecule is CCO/N=C(\C(=O)N[C@@H]1C(=O)N2C(C(=O)O)=C(C[n+]3ccn4cccc4c3C)CS[C@@H]12)c1csc(N)n1. The number of thioether (sulfide) groups is 1. The Morgan fingerprint density at radius 3 is 2.92 bits per heavy atom. The molecule has 37 heavy (non-hydrogen) atoms. The maximum atomic E-state index is 13.1. The molecule has 2 amide bonds. The molecule has 1 saturated heterocycles. The van der Waals surface area contributed by atoms with E-state index in [9.17, 15) is 19.5 Å². The van der Waals surface area contributed by atoms with Gasteiger partial charge >= 0.3 is 5.97 Å². The van der Waals surface area contributed by atoms with Gasteiger partial charge in [-0.1, -0.05) is 5.16 Å². The van der Waals surface area contributed by atoms with Crippen LogP contribution in [0.5, 0.6) is 0 Å². The number of hydrogen-bond acceptors (Lipinski definition) is 9. The number of oxime groups is 1. The number of amides is 2. The first-order chi connectivity index (χ1) is 17.8. The second-order valence-corrected chi connectivity index (χ2v) is 10.4. The van der Waals surface area contributed by atoms with Gasteiger partial charge in [0.2, 0.25) is 5.69 Å². The van der Waals surface area contributed by atoms with Crippen LogP contribution >= 0.6 is 23.1 Å². The fourth-order valence-corrected chi connectivity index (χ4v) is 6.25. The third-order valence-corrected chi connectivity index (χ3v) is 8.16. The first-order valence-electron chi connectivity index (χ1n) is 11.4. The van der Waals surface area contributed by atoms with Gasteiger partial charge in [-0.25, -0.2) is 9.78 Å². The number of carbonyl (C=O) groups excluding carboxylic acids is 2. The highest BCUT2D eigenvalue weighted by atomic mass is 32.2. The van der Waals surface area contributed by atoms with Gasteiger partial charge in [0.1, 0.15) is 34.9 Å². The van der Waals surface area contributed by atoms with E-state index in [-0.39, 0.29) is 28.8 Å². The van der Waals surface area contributed by atoms with Crippen LogP contribution in [0.2, 0.25) is 0 Å². The predicted molar refractivity (Wildman–Crippen MR) is 137 cm³/mol. The summed E-state index contributed by atoms with van der Waals surface area (Å²) in [4.78, 5) is 48.8. The van der Waals surface area contributed by atoms with Gasteiger partial charge in [-0.2, -0.15) is 4.57 Å². The van der Waals surface area contributed by atoms with E-state index in [1.54, 1.807) is 12.3 Å². The van der Waals surface area contributed by atoms with Crippen molar-refractivity contribution in [2.45, 2.75) is 31.8 Å². The van der Waals surface area contributed by atoms with E-state index in [0.29, 0.717) is 17.9 Å². The largest absolute Gasteiger partial charge is 0.477 e. The molecule has 192 valence electrons. The second-order valence-electron chi connectivity index (χ2n) is 8.36. The van der Waals surface area contributed by atoms with Crippen molar-refractivity contribution < 1.29 is 28.9 Å². The number of thiazole rings is 1. The van der Waals surface area contributed by atoms with Crippen molar-refractivity contribution in [3.8, 4) is 0 Å². The van der Waals surface area contributed by atoms with Crippen molar-refractivity contribution in [1.82, 2.24) is 19.6 Å². The molecule has 2 aliphatic heterocycles. The molecular weight excluding hydrogens is 518 g/mol. The standard InChI is InChI=1S/C23H23N7O5S2/c1-3-35-27-16(14-11-37-23(24)25-14)19(31)26-17-20(32)30-18(22(33)34)13(10-36-21(17)30)9-29-8-7-28-6-4-5-15(28)12(29)2/h4-8,11,17,21H,3,9-10H2,1-2H3,(H3-,24,25,26,31,33,34)/p+1/b27-16-/t17-,21+/m1/s1. The van der Waals surface area contributed by atoms with E-state index < -0.39 is 29.2 Å². The van der Waals surface area contributed by atoms with Gasteiger partial charge in [0.15, 0.2) is 23.6 Å². The number of carboxylic acid groups (broad SMARTS) is 1. The molecule has 3 aromatic rings. The highest BCUT2D eigenvalue weighted by Gasteiger charge is 2.54. The number of nitrogens with one attached hydrogen (secondary N) is 1. The molecule has 0 bridgehead atoms. The first kappa shape index (κ1) is 24.8. The predicted octanol–water partition coefficient (Wildman–Crippen LogP) is 0.753. The number of fused-ring (bicyclic) bond motifs is 2. The minimum absolute atomic E-state index is 0.0445. The van der Waals surface area contributed by atoms with Crippen molar-refractivity contribution in [3.05, 3.63) is 58.8 Å². The number of anilines is 1. The van der Waals surface area contributed by atoms with Gasteiger partial charge in [0.05, 0.1) is 6.20 Å². The highest BCUT2D eigenvalue weighted by molar-refractivity contribution is 8.00. The fourth-order valence-electron chi connectivity index (χ4n) is 4.36. The van der Waals surface area contributed by atoms with Crippen molar-refractivity contribution >= 4 is 57.2 Å². The number of rotatable bonds is 8. The molecule has 5 rings (SSSR count). The summed E-state index contributed by atoms with van der Waals surface area (Å²) in [6, 6.07) is 3.01. The molecular formula is C23H24N7O5S2+. The zero-order chi connectivity index (χ0) is 26.3. The average molecular weight is 543 g/mol. The lowest BCUT2D eigenvalue weighted by Crippen LogP contribution is -2.71. The minimum Gasteiger partial charge on any atom is -0.477 e. The lowest BCUT2D eigenvalue weighted by atomic mass is 10.0. The number of nitrogens with zero attached hydrogens (tertiary/aromatic N) is 5. The molecule has 0 aliphatic carbocycles. The van der Waals surface area contributed by atoms with Gasteiger partial charge in [-0.15, -0.1) is 23.1 Å². The van der Waals surface area contributed by atoms with E-state index in [2.05, 4.69) is 15.5 Å².